The number of hydrogen-bond acceptors (Lipinski definition) is 3. The van der Waals surface area contributed by atoms with Gasteiger partial charge in [-0.1, -0.05) is 6.07 Å². The average molecular weight is 300 g/mol. The van der Waals surface area contributed by atoms with Gasteiger partial charge in [0.2, 0.25) is 5.91 Å². The highest BCUT2D eigenvalue weighted by Gasteiger charge is 2.38. The van der Waals surface area contributed by atoms with Crippen molar-refractivity contribution in [1.82, 2.24) is 5.43 Å². The molecule has 5 nitrogen and oxygen atoms in total. The first-order valence-electron chi connectivity index (χ1n) is 4.81. The Balaban J connectivity index is 0.000000441. The number of alkyl halides is 3. The molecule has 0 aliphatic carbocycles. The second-order valence-electron chi connectivity index (χ2n) is 3.28. The molecule has 0 heterocycles. The van der Waals surface area contributed by atoms with E-state index in [0.717, 1.165) is 12.1 Å². The molecule has 10 heteroatoms. The first kappa shape index (κ1) is 17.8. The van der Waals surface area contributed by atoms with E-state index >= 15 is 0 Å². The topological polar surface area (TPSA) is 92.4 Å². The molecular formula is C10H9F5N2O3. The molecule has 0 spiro atoms. The van der Waals surface area contributed by atoms with Crippen molar-refractivity contribution in [2.75, 3.05) is 0 Å². The molecule has 0 saturated carbocycles. The molecule has 4 N–H and O–H groups in total. The van der Waals surface area contributed by atoms with Gasteiger partial charge in [0.05, 0.1) is 6.42 Å². The molecule has 0 bridgehead atoms. The number of aliphatic carboxylic acids is 1. The molecule has 1 rings (SSSR count). The number of carboxylic acid groups (broad SMARTS) is 1. The van der Waals surface area contributed by atoms with Gasteiger partial charge in [-0.2, -0.15) is 13.2 Å². The van der Waals surface area contributed by atoms with Crippen LogP contribution in [0.5, 0.6) is 0 Å². The van der Waals surface area contributed by atoms with Crippen LogP contribution in [0, 0.1) is 11.6 Å². The minimum atomic E-state index is -5.08. The lowest BCUT2D eigenvalue weighted by Crippen LogP contribution is -2.31. The van der Waals surface area contributed by atoms with Gasteiger partial charge in [0, 0.05) is 6.07 Å². The minimum absolute atomic E-state index is 0.115. The molecular weight excluding hydrogens is 291 g/mol. The fourth-order valence-corrected chi connectivity index (χ4v) is 0.889. The van der Waals surface area contributed by atoms with Crippen LogP contribution in [0.15, 0.2) is 18.2 Å². The normalized spacial score (nSPS) is 10.3. The number of amides is 1. The van der Waals surface area contributed by atoms with E-state index < -0.39 is 29.7 Å². The zero-order chi connectivity index (χ0) is 15.9. The van der Waals surface area contributed by atoms with Crippen molar-refractivity contribution in [3.05, 3.63) is 35.4 Å². The van der Waals surface area contributed by atoms with Gasteiger partial charge in [0.1, 0.15) is 11.6 Å². The number of nitrogens with two attached hydrogens (primary N) is 1. The van der Waals surface area contributed by atoms with Crippen LogP contribution in [-0.4, -0.2) is 23.2 Å². The van der Waals surface area contributed by atoms with Crippen LogP contribution >= 0.6 is 0 Å². The summed E-state index contributed by atoms with van der Waals surface area (Å²) in [5.74, 6) is 0.106. The smallest absolute Gasteiger partial charge is 0.475 e. The zero-order valence-corrected chi connectivity index (χ0v) is 9.67. The third-order valence-electron chi connectivity index (χ3n) is 1.77. The van der Waals surface area contributed by atoms with Crippen LogP contribution in [0.2, 0.25) is 0 Å². The summed E-state index contributed by atoms with van der Waals surface area (Å²) >= 11 is 0. The Morgan fingerprint density at radius 2 is 1.75 bits per heavy atom. The van der Waals surface area contributed by atoms with Crippen molar-refractivity contribution < 1.29 is 36.6 Å². The van der Waals surface area contributed by atoms with Gasteiger partial charge in [-0.05, 0) is 11.6 Å². The van der Waals surface area contributed by atoms with Crippen LogP contribution in [0.3, 0.4) is 0 Å². The summed E-state index contributed by atoms with van der Waals surface area (Å²) in [7, 11) is 0. The van der Waals surface area contributed by atoms with Crippen LogP contribution < -0.4 is 11.3 Å². The fraction of sp³-hybridized carbons (Fsp3) is 0.200. The van der Waals surface area contributed by atoms with Crippen molar-refractivity contribution in [3.8, 4) is 0 Å². The predicted molar refractivity (Wildman–Crippen MR) is 56.1 cm³/mol. The Bertz CT molecular complexity index is 490. The van der Waals surface area contributed by atoms with Gasteiger partial charge in [-0.15, -0.1) is 0 Å². The molecule has 0 aliphatic rings. The van der Waals surface area contributed by atoms with Crippen molar-refractivity contribution in [1.29, 1.82) is 0 Å². The molecule has 0 radical (unpaired) electrons. The van der Waals surface area contributed by atoms with Crippen LogP contribution in [0.25, 0.3) is 0 Å². The molecule has 0 unspecified atom stereocenters. The largest absolute Gasteiger partial charge is 0.490 e. The van der Waals surface area contributed by atoms with E-state index in [4.69, 9.17) is 15.7 Å². The van der Waals surface area contributed by atoms with E-state index in [1.54, 1.807) is 0 Å². The number of carboxylic acids is 1. The zero-order valence-electron chi connectivity index (χ0n) is 9.67. The monoisotopic (exact) mass is 300 g/mol. The number of rotatable bonds is 2. The molecule has 0 atom stereocenters. The Morgan fingerprint density at radius 1 is 1.25 bits per heavy atom. The van der Waals surface area contributed by atoms with E-state index in [-0.39, 0.29) is 12.0 Å². The molecule has 1 amide bonds. The highest BCUT2D eigenvalue weighted by atomic mass is 19.4. The summed E-state index contributed by atoms with van der Waals surface area (Å²) in [4.78, 5) is 19.6. The quantitative estimate of drug-likeness (QED) is 0.330. The molecule has 112 valence electrons. The SMILES string of the molecule is NNC(=O)Cc1ccc(F)cc1F.O=C(O)C(F)(F)F. The maximum absolute atomic E-state index is 12.9. The van der Waals surface area contributed by atoms with E-state index in [2.05, 4.69) is 0 Å². The number of carbonyl (C=O) groups is 2. The first-order valence-corrected chi connectivity index (χ1v) is 4.81. The van der Waals surface area contributed by atoms with Gasteiger partial charge in [0.25, 0.3) is 0 Å². The van der Waals surface area contributed by atoms with Gasteiger partial charge in [0.15, 0.2) is 0 Å². The third kappa shape index (κ3) is 6.64. The number of nitrogens with one attached hydrogen (secondary N) is 1. The molecule has 0 aromatic heterocycles. The van der Waals surface area contributed by atoms with Crippen molar-refractivity contribution in [2.45, 2.75) is 12.6 Å². The average Bonchev–Trinajstić information content (AvgIpc) is 2.32. The summed E-state index contributed by atoms with van der Waals surface area (Å²) in [5, 5.41) is 7.12. The predicted octanol–water partition coefficient (Wildman–Crippen LogP) is 1.13. The molecule has 0 aliphatic heterocycles. The minimum Gasteiger partial charge on any atom is -0.475 e. The Labute approximate surface area is 109 Å². The van der Waals surface area contributed by atoms with E-state index in [1.165, 1.54) is 6.07 Å². The Hall–Kier alpha value is -2.23. The molecule has 20 heavy (non-hydrogen) atoms. The standard InChI is InChI=1S/C8H8F2N2O.C2HF3O2/c9-6-2-1-5(7(10)4-6)3-8(13)12-11;3-2(4,5)1(6)7/h1-2,4H,3,11H2,(H,12,13);(H,6,7). The lowest BCUT2D eigenvalue weighted by Gasteiger charge is -2.01. The van der Waals surface area contributed by atoms with E-state index in [9.17, 15) is 26.7 Å². The molecule has 0 saturated heterocycles. The molecule has 0 fully saturated rings. The van der Waals surface area contributed by atoms with Gasteiger partial charge in [-0.3, -0.25) is 10.2 Å². The number of carbonyl (C=O) groups excluding carboxylic acids is 1. The van der Waals surface area contributed by atoms with Gasteiger partial charge >= 0.3 is 12.1 Å². The Morgan fingerprint density at radius 3 is 2.10 bits per heavy atom. The van der Waals surface area contributed by atoms with Gasteiger partial charge < -0.3 is 5.11 Å². The maximum atomic E-state index is 12.9. The fourth-order valence-electron chi connectivity index (χ4n) is 0.889. The van der Waals surface area contributed by atoms with Crippen molar-refractivity contribution in [3.63, 3.8) is 0 Å². The van der Waals surface area contributed by atoms with Crippen molar-refractivity contribution in [2.24, 2.45) is 5.84 Å². The highest BCUT2D eigenvalue weighted by molar-refractivity contribution is 5.77. The number of hydrazine groups is 1. The molecule has 1 aromatic carbocycles. The third-order valence-corrected chi connectivity index (χ3v) is 1.77. The Kier molecular flexibility index (Phi) is 6.56. The lowest BCUT2D eigenvalue weighted by molar-refractivity contribution is -0.192. The summed E-state index contributed by atoms with van der Waals surface area (Å²) in [6, 6.07) is 3.02. The van der Waals surface area contributed by atoms with Crippen LogP contribution in [-0.2, 0) is 16.0 Å². The van der Waals surface area contributed by atoms with Crippen molar-refractivity contribution >= 4 is 11.9 Å². The van der Waals surface area contributed by atoms with Gasteiger partial charge in [-0.25, -0.2) is 19.4 Å². The molecule has 1 aromatic rings. The summed E-state index contributed by atoms with van der Waals surface area (Å²) in [6.45, 7) is 0. The van der Waals surface area contributed by atoms with Crippen LogP contribution in [0.1, 0.15) is 5.56 Å². The first-order chi connectivity index (χ1) is 9.07. The number of halogens is 5. The highest BCUT2D eigenvalue weighted by Crippen LogP contribution is 2.13. The van der Waals surface area contributed by atoms with E-state index in [0.29, 0.717) is 0 Å². The van der Waals surface area contributed by atoms with Crippen LogP contribution in [0.4, 0.5) is 22.0 Å². The summed E-state index contributed by atoms with van der Waals surface area (Å²) in [6.07, 6.45) is -5.28. The summed E-state index contributed by atoms with van der Waals surface area (Å²) < 4.78 is 57.0. The maximum Gasteiger partial charge on any atom is 0.490 e. The van der Waals surface area contributed by atoms with E-state index in [1.807, 2.05) is 5.43 Å². The second kappa shape index (κ2) is 7.38. The summed E-state index contributed by atoms with van der Waals surface area (Å²) in [5.41, 5.74) is 1.97. The lowest BCUT2D eigenvalue weighted by atomic mass is 10.1. The number of benzene rings is 1. The second-order valence-corrected chi connectivity index (χ2v) is 3.28. The number of hydrogen-bond donors (Lipinski definition) is 3.